The third-order valence-electron chi connectivity index (χ3n) is 4.48. The highest BCUT2D eigenvalue weighted by Crippen LogP contribution is 2.30. The van der Waals surface area contributed by atoms with Crippen molar-refractivity contribution in [3.8, 4) is 0 Å². The Labute approximate surface area is 158 Å². The fraction of sp³-hybridized carbons (Fsp3) is 0.421. The van der Waals surface area contributed by atoms with E-state index in [9.17, 15) is 4.79 Å². The molecule has 0 N–H and O–H groups in total. The molecule has 3 rings (SSSR count). The number of carbonyl (C=O) groups is 1. The van der Waals surface area contributed by atoms with E-state index in [0.717, 1.165) is 35.0 Å². The smallest absolute Gasteiger partial charge is 0.280 e. The number of hydrogen-bond acceptors (Lipinski definition) is 5. The number of thiazole rings is 1. The molecule has 0 bridgehead atoms. The van der Waals surface area contributed by atoms with Crippen LogP contribution in [0.25, 0.3) is 10.2 Å². The molecule has 0 spiro atoms. The molecule has 0 fully saturated rings. The number of nitrogens with zero attached hydrogens (tertiary/aromatic N) is 5. The van der Waals surface area contributed by atoms with Crippen molar-refractivity contribution in [3.63, 3.8) is 0 Å². The second-order valence-electron chi connectivity index (χ2n) is 6.33. The number of carbonyl (C=O) groups excluding carboxylic acids is 1. The number of likely N-dealkylation sites (N-methyl/N-ethyl adjacent to an activating group) is 1. The summed E-state index contributed by atoms with van der Waals surface area (Å²) in [6.45, 7) is 9.65. The Balaban J connectivity index is 1.93. The number of hydrogen-bond donors (Lipinski definition) is 0. The van der Waals surface area contributed by atoms with Crippen LogP contribution in [-0.4, -0.2) is 51.8 Å². The molecule has 0 saturated heterocycles. The second kappa shape index (κ2) is 7.97. The average molecular weight is 372 g/mol. The Bertz CT molecular complexity index is 896. The number of fused-ring (bicyclic) bond motifs is 1. The van der Waals surface area contributed by atoms with E-state index < -0.39 is 0 Å². The van der Waals surface area contributed by atoms with Crippen LogP contribution in [0.5, 0.6) is 0 Å². The molecule has 0 atom stereocenters. The molecule has 138 valence electrons. The lowest BCUT2D eigenvalue weighted by atomic mass is 10.2. The van der Waals surface area contributed by atoms with Crippen LogP contribution in [0, 0.1) is 6.92 Å². The molecule has 0 unspecified atom stereocenters. The summed E-state index contributed by atoms with van der Waals surface area (Å²) in [5.41, 5.74) is 2.57. The fourth-order valence-electron chi connectivity index (χ4n) is 2.87. The van der Waals surface area contributed by atoms with Gasteiger partial charge >= 0.3 is 0 Å². The Kier molecular flexibility index (Phi) is 5.68. The van der Waals surface area contributed by atoms with Crippen LogP contribution in [0.2, 0.25) is 0 Å². The van der Waals surface area contributed by atoms with Gasteiger partial charge in [0.2, 0.25) is 0 Å². The van der Waals surface area contributed by atoms with Crippen LogP contribution in [-0.2, 0) is 7.05 Å². The fourth-order valence-corrected chi connectivity index (χ4v) is 3.96. The first-order valence-corrected chi connectivity index (χ1v) is 9.74. The number of aromatic nitrogens is 3. The number of benzene rings is 1. The van der Waals surface area contributed by atoms with E-state index in [0.29, 0.717) is 12.2 Å². The van der Waals surface area contributed by atoms with E-state index in [4.69, 9.17) is 4.98 Å². The van der Waals surface area contributed by atoms with Gasteiger partial charge in [0.15, 0.2) is 10.8 Å². The minimum Gasteiger partial charge on any atom is -0.302 e. The highest BCUT2D eigenvalue weighted by Gasteiger charge is 2.23. The summed E-state index contributed by atoms with van der Waals surface area (Å²) < 4.78 is 2.75. The van der Waals surface area contributed by atoms with Gasteiger partial charge in [0.25, 0.3) is 5.91 Å². The number of aryl methyl sites for hydroxylation is 2. The predicted molar refractivity (Wildman–Crippen MR) is 107 cm³/mol. The lowest BCUT2D eigenvalue weighted by molar-refractivity contribution is 0.0978. The first-order chi connectivity index (χ1) is 12.5. The van der Waals surface area contributed by atoms with E-state index in [1.54, 1.807) is 33.2 Å². The van der Waals surface area contributed by atoms with Gasteiger partial charge < -0.3 is 4.90 Å². The summed E-state index contributed by atoms with van der Waals surface area (Å²) in [5.74, 6) is -0.103. The summed E-state index contributed by atoms with van der Waals surface area (Å²) in [6, 6.07) is 7.93. The standard InChI is InChI=1S/C19H25N5OS/c1-5-23(6-2)11-12-24(18(25)16-9-10-22(4)21-16)19-20-15-8-7-14(3)13-17(15)26-19/h7-10,13H,5-6,11-12H2,1-4H3. The zero-order valence-corrected chi connectivity index (χ0v) is 16.6. The first-order valence-electron chi connectivity index (χ1n) is 8.92. The van der Waals surface area contributed by atoms with E-state index >= 15 is 0 Å². The van der Waals surface area contributed by atoms with Crippen LogP contribution in [0.15, 0.2) is 30.5 Å². The Morgan fingerprint density at radius 2 is 1.96 bits per heavy atom. The zero-order valence-electron chi connectivity index (χ0n) is 15.8. The summed E-state index contributed by atoms with van der Waals surface area (Å²) in [4.78, 5) is 21.9. The summed E-state index contributed by atoms with van der Waals surface area (Å²) in [5, 5.41) is 5.01. The van der Waals surface area contributed by atoms with Crippen molar-refractivity contribution < 1.29 is 4.79 Å². The molecule has 0 saturated carbocycles. The van der Waals surface area contributed by atoms with Crippen LogP contribution in [0.1, 0.15) is 29.9 Å². The zero-order chi connectivity index (χ0) is 18.7. The third-order valence-corrected chi connectivity index (χ3v) is 5.52. The van der Waals surface area contributed by atoms with Crippen LogP contribution in [0.3, 0.4) is 0 Å². The van der Waals surface area contributed by atoms with Gasteiger partial charge in [0.1, 0.15) is 0 Å². The van der Waals surface area contributed by atoms with Gasteiger partial charge in [0.05, 0.1) is 10.2 Å². The highest BCUT2D eigenvalue weighted by molar-refractivity contribution is 7.22. The molecule has 3 aromatic rings. The average Bonchev–Trinajstić information content (AvgIpc) is 3.24. The molecular weight excluding hydrogens is 346 g/mol. The van der Waals surface area contributed by atoms with Gasteiger partial charge in [-0.1, -0.05) is 31.3 Å². The van der Waals surface area contributed by atoms with E-state index in [-0.39, 0.29) is 5.91 Å². The predicted octanol–water partition coefficient (Wildman–Crippen LogP) is 3.33. The van der Waals surface area contributed by atoms with Crippen LogP contribution >= 0.6 is 11.3 Å². The van der Waals surface area contributed by atoms with Crippen LogP contribution < -0.4 is 4.90 Å². The van der Waals surface area contributed by atoms with Crippen molar-refractivity contribution in [2.75, 3.05) is 31.1 Å². The number of amides is 1. The normalized spacial score (nSPS) is 11.4. The van der Waals surface area contributed by atoms with Gasteiger partial charge in [-0.2, -0.15) is 5.10 Å². The maximum Gasteiger partial charge on any atom is 0.280 e. The van der Waals surface area contributed by atoms with Gasteiger partial charge in [-0.25, -0.2) is 4.98 Å². The number of rotatable bonds is 7. The van der Waals surface area contributed by atoms with Crippen molar-refractivity contribution in [1.29, 1.82) is 0 Å². The lowest BCUT2D eigenvalue weighted by Gasteiger charge is -2.24. The van der Waals surface area contributed by atoms with Crippen molar-refractivity contribution in [1.82, 2.24) is 19.7 Å². The SMILES string of the molecule is CCN(CC)CCN(C(=O)c1ccn(C)n1)c1nc2ccc(C)cc2s1. The van der Waals surface area contributed by atoms with Gasteiger partial charge in [-0.3, -0.25) is 14.4 Å². The highest BCUT2D eigenvalue weighted by atomic mass is 32.1. The Hall–Kier alpha value is -2.25. The summed E-state index contributed by atoms with van der Waals surface area (Å²) in [6.07, 6.45) is 1.79. The van der Waals surface area contributed by atoms with Crippen molar-refractivity contribution in [3.05, 3.63) is 41.7 Å². The monoisotopic (exact) mass is 371 g/mol. The maximum absolute atomic E-state index is 13.1. The molecule has 0 aliphatic carbocycles. The molecule has 2 heterocycles. The van der Waals surface area contributed by atoms with Gasteiger partial charge in [-0.15, -0.1) is 0 Å². The first kappa shape index (κ1) is 18.5. The molecule has 1 aromatic carbocycles. The Morgan fingerprint density at radius 3 is 2.62 bits per heavy atom. The molecule has 0 aliphatic rings. The van der Waals surface area contributed by atoms with Gasteiger partial charge in [0, 0.05) is 26.3 Å². The van der Waals surface area contributed by atoms with Gasteiger partial charge in [-0.05, 0) is 43.8 Å². The topological polar surface area (TPSA) is 54.3 Å². The quantitative estimate of drug-likeness (QED) is 0.639. The molecule has 6 nitrogen and oxygen atoms in total. The molecule has 1 amide bonds. The molecular formula is C19H25N5OS. The molecule has 0 radical (unpaired) electrons. The molecule has 26 heavy (non-hydrogen) atoms. The van der Waals surface area contributed by atoms with E-state index in [1.807, 2.05) is 19.2 Å². The van der Waals surface area contributed by atoms with Crippen molar-refractivity contribution in [2.45, 2.75) is 20.8 Å². The third kappa shape index (κ3) is 3.94. The van der Waals surface area contributed by atoms with Crippen LogP contribution in [0.4, 0.5) is 5.13 Å². The molecule has 2 aromatic heterocycles. The lowest BCUT2D eigenvalue weighted by Crippen LogP contribution is -2.39. The number of anilines is 1. The minimum atomic E-state index is -0.103. The maximum atomic E-state index is 13.1. The van der Waals surface area contributed by atoms with Crippen molar-refractivity contribution in [2.24, 2.45) is 7.05 Å². The van der Waals surface area contributed by atoms with Crippen molar-refractivity contribution >= 4 is 32.6 Å². The Morgan fingerprint density at radius 1 is 1.19 bits per heavy atom. The van der Waals surface area contributed by atoms with E-state index in [1.165, 1.54) is 5.56 Å². The molecule has 0 aliphatic heterocycles. The summed E-state index contributed by atoms with van der Waals surface area (Å²) >= 11 is 1.56. The molecule has 7 heteroatoms. The largest absolute Gasteiger partial charge is 0.302 e. The second-order valence-corrected chi connectivity index (χ2v) is 7.34. The minimum absolute atomic E-state index is 0.103. The summed E-state index contributed by atoms with van der Waals surface area (Å²) in [7, 11) is 1.82. The van der Waals surface area contributed by atoms with E-state index in [2.05, 4.69) is 36.8 Å².